The second kappa shape index (κ2) is 5.42. The first-order valence-corrected chi connectivity index (χ1v) is 5.96. The van der Waals surface area contributed by atoms with Crippen molar-refractivity contribution >= 4 is 17.6 Å². The van der Waals surface area contributed by atoms with Crippen LogP contribution in [0.1, 0.15) is 16.1 Å². The minimum absolute atomic E-state index is 0.108. The second-order valence-electron chi connectivity index (χ2n) is 4.02. The number of carbonyl (C=O) groups is 1. The molecule has 0 radical (unpaired) electrons. The van der Waals surface area contributed by atoms with Crippen LogP contribution < -0.4 is 5.43 Å². The van der Waals surface area contributed by atoms with Gasteiger partial charge in [0.2, 0.25) is 11.1 Å². The van der Waals surface area contributed by atoms with E-state index in [0.717, 1.165) is 13.2 Å². The Bertz CT molecular complexity index is 743. The van der Waals surface area contributed by atoms with Crippen LogP contribution in [-0.2, 0) is 4.74 Å². The lowest BCUT2D eigenvalue weighted by atomic mass is 10.2. The predicted molar refractivity (Wildman–Crippen MR) is 70.9 cm³/mol. The number of nitrogens with zero attached hydrogens (tertiary/aromatic N) is 2. The summed E-state index contributed by atoms with van der Waals surface area (Å²) in [6, 6.07) is 3.72. The maximum absolute atomic E-state index is 13.0. The molecule has 5 nitrogen and oxygen atoms in total. The molecule has 0 aliphatic heterocycles. The van der Waals surface area contributed by atoms with Gasteiger partial charge in [-0.05, 0) is 25.1 Å². The fraction of sp³-hybridized carbons (Fsp3) is 0.154. The van der Waals surface area contributed by atoms with Gasteiger partial charge < -0.3 is 4.74 Å². The lowest BCUT2D eigenvalue weighted by molar-refractivity contribution is 0.0590. The van der Waals surface area contributed by atoms with E-state index in [0.29, 0.717) is 11.3 Å². The van der Waals surface area contributed by atoms with Gasteiger partial charge in [0.1, 0.15) is 5.82 Å². The van der Waals surface area contributed by atoms with E-state index in [2.05, 4.69) is 9.84 Å². The van der Waals surface area contributed by atoms with Gasteiger partial charge >= 0.3 is 5.97 Å². The molecule has 1 aromatic carbocycles. The Morgan fingerprint density at radius 3 is 2.75 bits per heavy atom. The van der Waals surface area contributed by atoms with Gasteiger partial charge in [0.25, 0.3) is 0 Å². The Hall–Kier alpha value is -2.21. The maximum Gasteiger partial charge on any atom is 0.362 e. The highest BCUT2D eigenvalue weighted by atomic mass is 35.5. The van der Waals surface area contributed by atoms with Crippen LogP contribution in [-0.4, -0.2) is 22.9 Å². The summed E-state index contributed by atoms with van der Waals surface area (Å²) in [5, 5.41) is 4.00. The van der Waals surface area contributed by atoms with E-state index in [-0.39, 0.29) is 10.7 Å². The molecule has 0 aliphatic rings. The Labute approximate surface area is 118 Å². The molecule has 0 spiro atoms. The highest BCUT2D eigenvalue weighted by Gasteiger charge is 2.17. The van der Waals surface area contributed by atoms with Gasteiger partial charge in [-0.3, -0.25) is 4.79 Å². The monoisotopic (exact) mass is 296 g/mol. The van der Waals surface area contributed by atoms with Crippen molar-refractivity contribution < 1.29 is 13.9 Å². The molecule has 20 heavy (non-hydrogen) atoms. The van der Waals surface area contributed by atoms with Crippen LogP contribution in [0.15, 0.2) is 29.2 Å². The van der Waals surface area contributed by atoms with E-state index in [1.54, 1.807) is 0 Å². The Kier molecular flexibility index (Phi) is 3.85. The zero-order valence-corrected chi connectivity index (χ0v) is 11.4. The van der Waals surface area contributed by atoms with Crippen LogP contribution in [0.25, 0.3) is 5.69 Å². The smallest absolute Gasteiger partial charge is 0.362 e. The van der Waals surface area contributed by atoms with Gasteiger partial charge in [0.05, 0.1) is 17.8 Å². The standard InChI is InChI=1S/C13H10ClFN2O3/c1-7-6-17(10-4-3-8(15)5-9(10)14)16-11(12(7)18)13(19)20-2/h3-6H,1-2H3. The van der Waals surface area contributed by atoms with E-state index in [9.17, 15) is 14.0 Å². The molecule has 0 fully saturated rings. The number of ether oxygens (including phenoxy) is 1. The third-order valence-electron chi connectivity index (χ3n) is 2.63. The minimum Gasteiger partial charge on any atom is -0.464 e. The third-order valence-corrected chi connectivity index (χ3v) is 2.93. The minimum atomic E-state index is -0.842. The van der Waals surface area contributed by atoms with E-state index >= 15 is 0 Å². The van der Waals surface area contributed by atoms with Gasteiger partial charge in [0.15, 0.2) is 0 Å². The third kappa shape index (κ3) is 2.55. The molecule has 7 heteroatoms. The molecule has 0 unspecified atom stereocenters. The number of hydrogen-bond acceptors (Lipinski definition) is 4. The molecular formula is C13H10ClFN2O3. The molecule has 2 rings (SSSR count). The summed E-state index contributed by atoms with van der Waals surface area (Å²) in [5.74, 6) is -1.34. The van der Waals surface area contributed by atoms with Crippen molar-refractivity contribution in [2.24, 2.45) is 0 Å². The van der Waals surface area contributed by atoms with Crippen molar-refractivity contribution in [3.8, 4) is 5.69 Å². The highest BCUT2D eigenvalue weighted by Crippen LogP contribution is 2.20. The zero-order chi connectivity index (χ0) is 14.9. The number of aromatic nitrogens is 2. The van der Waals surface area contributed by atoms with Crippen LogP contribution in [0.5, 0.6) is 0 Å². The van der Waals surface area contributed by atoms with Gasteiger partial charge in [-0.15, -0.1) is 0 Å². The van der Waals surface area contributed by atoms with Crippen molar-refractivity contribution in [2.75, 3.05) is 7.11 Å². The summed E-state index contributed by atoms with van der Waals surface area (Å²) in [6.07, 6.45) is 1.41. The van der Waals surface area contributed by atoms with Crippen LogP contribution in [0.3, 0.4) is 0 Å². The lowest BCUT2D eigenvalue weighted by Crippen LogP contribution is -2.24. The molecular weight excluding hydrogens is 287 g/mol. The second-order valence-corrected chi connectivity index (χ2v) is 4.43. The molecule has 0 N–H and O–H groups in total. The number of benzene rings is 1. The van der Waals surface area contributed by atoms with Gasteiger partial charge in [-0.1, -0.05) is 11.6 Å². The molecule has 0 saturated carbocycles. The van der Waals surface area contributed by atoms with E-state index in [1.165, 1.54) is 29.9 Å². The number of rotatable bonds is 2. The summed E-state index contributed by atoms with van der Waals surface area (Å²) in [5.41, 5.74) is -0.235. The van der Waals surface area contributed by atoms with Crippen molar-refractivity contribution in [1.82, 2.24) is 9.78 Å². The quantitative estimate of drug-likeness (QED) is 0.797. The molecule has 0 atom stereocenters. The maximum atomic E-state index is 13.0. The SMILES string of the molecule is COC(=O)c1nn(-c2ccc(F)cc2Cl)cc(C)c1=O. The average Bonchev–Trinajstić information content (AvgIpc) is 2.41. The largest absolute Gasteiger partial charge is 0.464 e. The normalized spacial score (nSPS) is 10.4. The summed E-state index contributed by atoms with van der Waals surface area (Å²) >= 11 is 5.93. The molecule has 104 valence electrons. The Balaban J connectivity index is 2.67. The molecule has 0 saturated heterocycles. The summed E-state index contributed by atoms with van der Waals surface area (Å²) in [7, 11) is 1.15. The first-order valence-electron chi connectivity index (χ1n) is 5.58. The summed E-state index contributed by atoms with van der Waals surface area (Å²) in [4.78, 5) is 23.3. The number of methoxy groups -OCH3 is 1. The molecule has 1 heterocycles. The zero-order valence-electron chi connectivity index (χ0n) is 10.7. The number of esters is 1. The topological polar surface area (TPSA) is 61.2 Å². The van der Waals surface area contributed by atoms with E-state index in [1.807, 2.05) is 0 Å². The highest BCUT2D eigenvalue weighted by molar-refractivity contribution is 6.32. The molecule has 0 bridgehead atoms. The van der Waals surface area contributed by atoms with Crippen molar-refractivity contribution in [3.05, 3.63) is 56.7 Å². The fourth-order valence-electron chi connectivity index (χ4n) is 1.63. The molecule has 0 aliphatic carbocycles. The van der Waals surface area contributed by atoms with Crippen molar-refractivity contribution in [3.63, 3.8) is 0 Å². The Morgan fingerprint density at radius 1 is 1.45 bits per heavy atom. The summed E-state index contributed by atoms with van der Waals surface area (Å²) in [6.45, 7) is 1.53. The van der Waals surface area contributed by atoms with Crippen LogP contribution in [0.4, 0.5) is 4.39 Å². The van der Waals surface area contributed by atoms with Crippen LogP contribution in [0.2, 0.25) is 5.02 Å². The average molecular weight is 297 g/mol. The lowest BCUT2D eigenvalue weighted by Gasteiger charge is -2.10. The molecule has 2 aromatic rings. The fourth-order valence-corrected chi connectivity index (χ4v) is 1.89. The van der Waals surface area contributed by atoms with E-state index < -0.39 is 17.2 Å². The van der Waals surface area contributed by atoms with E-state index in [4.69, 9.17) is 11.6 Å². The van der Waals surface area contributed by atoms with Crippen LogP contribution in [0, 0.1) is 12.7 Å². The van der Waals surface area contributed by atoms with Crippen molar-refractivity contribution in [1.29, 1.82) is 0 Å². The predicted octanol–water partition coefficient (Wildman–Crippen LogP) is 2.12. The first kappa shape index (κ1) is 14.2. The van der Waals surface area contributed by atoms with Gasteiger partial charge in [-0.25, -0.2) is 13.9 Å². The number of aryl methyl sites for hydroxylation is 1. The van der Waals surface area contributed by atoms with Crippen LogP contribution >= 0.6 is 11.6 Å². The van der Waals surface area contributed by atoms with Gasteiger partial charge in [-0.2, -0.15) is 5.10 Å². The first-order chi connectivity index (χ1) is 9.43. The Morgan fingerprint density at radius 2 is 2.15 bits per heavy atom. The number of hydrogen-bond donors (Lipinski definition) is 0. The number of halogens is 2. The summed E-state index contributed by atoms with van der Waals surface area (Å²) < 4.78 is 18.8. The van der Waals surface area contributed by atoms with Gasteiger partial charge in [0, 0.05) is 11.8 Å². The number of carbonyl (C=O) groups excluding carboxylic acids is 1. The van der Waals surface area contributed by atoms with Crippen molar-refractivity contribution in [2.45, 2.75) is 6.92 Å². The molecule has 0 amide bonds. The molecule has 1 aromatic heterocycles.